The first-order chi connectivity index (χ1) is 7.22. The van der Waals surface area contributed by atoms with Crippen LogP contribution in [0.2, 0.25) is 0 Å². The standard InChI is InChI=1S/C9H5N3OS2/c1-14-9-4(2-10)7-8(15-9)6(12)5(3-11)13-7/h12H2,1H3. The summed E-state index contributed by atoms with van der Waals surface area (Å²) in [6, 6.07) is 3.92. The number of hydrogen-bond acceptors (Lipinski definition) is 6. The lowest BCUT2D eigenvalue weighted by Gasteiger charge is -1.88. The number of fused-ring (bicyclic) bond motifs is 1. The molecule has 0 saturated carbocycles. The van der Waals surface area contributed by atoms with Crippen molar-refractivity contribution in [3.05, 3.63) is 11.3 Å². The zero-order valence-electron chi connectivity index (χ0n) is 7.70. The van der Waals surface area contributed by atoms with Gasteiger partial charge >= 0.3 is 0 Å². The second-order valence-electron chi connectivity index (χ2n) is 2.70. The lowest BCUT2D eigenvalue weighted by Crippen LogP contribution is -1.83. The quantitative estimate of drug-likeness (QED) is 0.767. The number of anilines is 1. The van der Waals surface area contributed by atoms with E-state index in [1.54, 1.807) is 0 Å². The maximum atomic E-state index is 8.97. The molecule has 0 spiro atoms. The molecule has 2 rings (SSSR count). The molecule has 6 heteroatoms. The summed E-state index contributed by atoms with van der Waals surface area (Å²) < 4.78 is 6.79. The number of rotatable bonds is 1. The van der Waals surface area contributed by atoms with Crippen molar-refractivity contribution in [3.8, 4) is 12.1 Å². The fourth-order valence-corrected chi connectivity index (χ4v) is 3.05. The van der Waals surface area contributed by atoms with Crippen LogP contribution >= 0.6 is 23.1 Å². The van der Waals surface area contributed by atoms with Gasteiger partial charge in [0.2, 0.25) is 5.76 Å². The molecule has 2 heterocycles. The summed E-state index contributed by atoms with van der Waals surface area (Å²) >= 11 is 2.85. The van der Waals surface area contributed by atoms with E-state index in [1.165, 1.54) is 23.1 Å². The van der Waals surface area contributed by atoms with Crippen LogP contribution in [0, 0.1) is 22.7 Å². The largest absolute Gasteiger partial charge is 0.441 e. The smallest absolute Gasteiger partial charge is 0.228 e. The van der Waals surface area contributed by atoms with Gasteiger partial charge in [0, 0.05) is 0 Å². The molecule has 0 aliphatic carbocycles. The number of nitrogens with zero attached hydrogens (tertiary/aromatic N) is 2. The molecular formula is C9H5N3OS2. The summed E-state index contributed by atoms with van der Waals surface area (Å²) in [7, 11) is 0. The lowest BCUT2D eigenvalue weighted by molar-refractivity contribution is 0.600. The third-order valence-electron chi connectivity index (χ3n) is 1.92. The van der Waals surface area contributed by atoms with Crippen LogP contribution in [0.3, 0.4) is 0 Å². The van der Waals surface area contributed by atoms with Gasteiger partial charge in [-0.1, -0.05) is 0 Å². The van der Waals surface area contributed by atoms with E-state index in [0.717, 1.165) is 4.21 Å². The van der Waals surface area contributed by atoms with Crippen LogP contribution < -0.4 is 5.73 Å². The molecule has 0 aliphatic heterocycles. The van der Waals surface area contributed by atoms with Crippen LogP contribution in [-0.2, 0) is 0 Å². The molecule has 74 valence electrons. The molecule has 2 N–H and O–H groups in total. The zero-order valence-corrected chi connectivity index (χ0v) is 9.33. The van der Waals surface area contributed by atoms with Crippen LogP contribution in [0.1, 0.15) is 11.3 Å². The molecule has 4 nitrogen and oxygen atoms in total. The van der Waals surface area contributed by atoms with Crippen molar-refractivity contribution in [1.82, 2.24) is 0 Å². The third kappa shape index (κ3) is 1.27. The highest BCUT2D eigenvalue weighted by Gasteiger charge is 2.20. The second kappa shape index (κ2) is 3.50. The van der Waals surface area contributed by atoms with E-state index in [-0.39, 0.29) is 5.76 Å². The predicted octanol–water partition coefficient (Wildman–Crippen LogP) is 2.54. The molecule has 0 radical (unpaired) electrons. The first kappa shape index (κ1) is 9.91. The topological polar surface area (TPSA) is 86.7 Å². The van der Waals surface area contributed by atoms with Crippen LogP contribution in [0.15, 0.2) is 8.63 Å². The van der Waals surface area contributed by atoms with Crippen molar-refractivity contribution in [3.63, 3.8) is 0 Å². The van der Waals surface area contributed by atoms with E-state index in [4.69, 9.17) is 20.7 Å². The molecule has 0 bridgehead atoms. The highest BCUT2D eigenvalue weighted by Crippen LogP contribution is 2.42. The molecule has 0 atom stereocenters. The van der Waals surface area contributed by atoms with Crippen LogP contribution in [0.5, 0.6) is 0 Å². The molecule has 0 aliphatic rings. The Morgan fingerprint density at radius 2 is 2.13 bits per heavy atom. The summed E-state index contributed by atoms with van der Waals surface area (Å²) in [5.41, 5.74) is 6.94. The second-order valence-corrected chi connectivity index (χ2v) is 4.79. The molecule has 0 saturated heterocycles. The first-order valence-electron chi connectivity index (χ1n) is 3.91. The van der Waals surface area contributed by atoms with Gasteiger partial charge in [-0.3, -0.25) is 0 Å². The minimum Gasteiger partial charge on any atom is -0.441 e. The van der Waals surface area contributed by atoms with Gasteiger partial charge < -0.3 is 10.2 Å². The summed E-state index contributed by atoms with van der Waals surface area (Å²) in [4.78, 5) is 0. The highest BCUT2D eigenvalue weighted by atomic mass is 32.2. The Labute approximate surface area is 93.9 Å². The number of nitriles is 2. The van der Waals surface area contributed by atoms with E-state index in [2.05, 4.69) is 6.07 Å². The van der Waals surface area contributed by atoms with Gasteiger partial charge in [0.1, 0.15) is 23.4 Å². The average molecular weight is 235 g/mol. The van der Waals surface area contributed by atoms with Gasteiger partial charge in [-0.2, -0.15) is 10.5 Å². The normalized spacial score (nSPS) is 10.1. The molecule has 0 unspecified atom stereocenters. The minimum absolute atomic E-state index is 0.0837. The number of nitrogens with two attached hydrogens (primary N) is 1. The molecule has 0 amide bonds. The van der Waals surface area contributed by atoms with Gasteiger partial charge in [0.15, 0.2) is 5.58 Å². The maximum Gasteiger partial charge on any atom is 0.228 e. The number of hydrogen-bond donors (Lipinski definition) is 1. The Bertz CT molecular complexity index is 612. The van der Waals surface area contributed by atoms with Gasteiger partial charge in [-0.25, -0.2) is 0 Å². The van der Waals surface area contributed by atoms with Crippen LogP contribution in [0.25, 0.3) is 10.3 Å². The Morgan fingerprint density at radius 3 is 2.67 bits per heavy atom. The number of thioether (sulfide) groups is 1. The fraction of sp³-hybridized carbons (Fsp3) is 0.111. The third-order valence-corrected chi connectivity index (χ3v) is 4.25. The zero-order chi connectivity index (χ0) is 11.0. The summed E-state index contributed by atoms with van der Waals surface area (Å²) in [5.74, 6) is 0.0837. The Kier molecular flexibility index (Phi) is 2.31. The summed E-state index contributed by atoms with van der Waals surface area (Å²) in [6.45, 7) is 0. The highest BCUT2D eigenvalue weighted by molar-refractivity contribution is 8.00. The average Bonchev–Trinajstić information content (AvgIpc) is 2.75. The van der Waals surface area contributed by atoms with Crippen molar-refractivity contribution < 1.29 is 4.42 Å². The first-order valence-corrected chi connectivity index (χ1v) is 5.96. The van der Waals surface area contributed by atoms with Gasteiger partial charge in [-0.05, 0) is 6.26 Å². The van der Waals surface area contributed by atoms with Crippen LogP contribution in [0.4, 0.5) is 5.69 Å². The molecule has 15 heavy (non-hydrogen) atoms. The Hall–Kier alpha value is -1.63. The summed E-state index contributed by atoms with van der Waals surface area (Å²) in [6.07, 6.45) is 1.88. The molecule has 2 aromatic heterocycles. The molecular weight excluding hydrogens is 230 g/mol. The number of furan rings is 1. The van der Waals surface area contributed by atoms with E-state index in [1.807, 2.05) is 12.3 Å². The molecule has 0 fully saturated rings. The van der Waals surface area contributed by atoms with Gasteiger partial charge in [0.05, 0.1) is 8.91 Å². The SMILES string of the molecule is CSc1sc2c(N)c(C#N)oc2c1C#N. The fourth-order valence-electron chi connectivity index (χ4n) is 1.25. The molecule has 0 aromatic carbocycles. The summed E-state index contributed by atoms with van der Waals surface area (Å²) in [5, 5.41) is 17.7. The minimum atomic E-state index is 0.0837. The van der Waals surface area contributed by atoms with E-state index in [0.29, 0.717) is 21.5 Å². The van der Waals surface area contributed by atoms with Crippen molar-refractivity contribution in [1.29, 1.82) is 10.5 Å². The number of nitrogen functional groups attached to an aromatic ring is 1. The van der Waals surface area contributed by atoms with Crippen molar-refractivity contribution in [2.45, 2.75) is 4.21 Å². The van der Waals surface area contributed by atoms with Crippen LogP contribution in [-0.4, -0.2) is 6.26 Å². The monoisotopic (exact) mass is 235 g/mol. The predicted molar refractivity (Wildman–Crippen MR) is 59.7 cm³/mol. The maximum absolute atomic E-state index is 8.97. The number of thiophene rings is 1. The van der Waals surface area contributed by atoms with Gasteiger partial charge in [0.25, 0.3) is 0 Å². The van der Waals surface area contributed by atoms with Crippen molar-refractivity contribution in [2.75, 3.05) is 12.0 Å². The van der Waals surface area contributed by atoms with E-state index >= 15 is 0 Å². The van der Waals surface area contributed by atoms with E-state index < -0.39 is 0 Å². The Morgan fingerprint density at radius 1 is 1.40 bits per heavy atom. The van der Waals surface area contributed by atoms with Crippen molar-refractivity contribution >= 4 is 39.1 Å². The Balaban J connectivity index is 2.86. The van der Waals surface area contributed by atoms with Gasteiger partial charge in [-0.15, -0.1) is 23.1 Å². The van der Waals surface area contributed by atoms with Crippen molar-refractivity contribution in [2.24, 2.45) is 0 Å². The van der Waals surface area contributed by atoms with E-state index in [9.17, 15) is 0 Å². The lowest BCUT2D eigenvalue weighted by atomic mass is 10.3. The molecule has 2 aromatic rings.